The second-order valence-corrected chi connectivity index (χ2v) is 25.8. The highest BCUT2D eigenvalue weighted by molar-refractivity contribution is 7.21. The molecule has 71 heavy (non-hydrogen) atoms. The second kappa shape index (κ2) is 19.3. The van der Waals surface area contributed by atoms with Crippen molar-refractivity contribution in [3.05, 3.63) is 111 Å². The molecule has 0 saturated carbocycles. The molecule has 0 N–H and O–H groups in total. The summed E-state index contributed by atoms with van der Waals surface area (Å²) in [7, 11) is -0.520. The molecule has 0 atom stereocenters. The maximum absolute atomic E-state index is 6.47. The van der Waals surface area contributed by atoms with Crippen molar-refractivity contribution in [3.8, 4) is 22.9 Å². The number of fused-ring (bicyclic) bond motifs is 6. The molecule has 1 fully saturated rings. The Morgan fingerprint density at radius 3 is 1.23 bits per heavy atom. The highest BCUT2D eigenvalue weighted by Crippen LogP contribution is 2.44. The highest BCUT2D eigenvalue weighted by Gasteiger charge is 2.53. The third-order valence-electron chi connectivity index (χ3n) is 14.3. The van der Waals surface area contributed by atoms with Gasteiger partial charge in [0.25, 0.3) is 0 Å². The third-order valence-corrected chi connectivity index (χ3v) is 16.0. The Balaban J connectivity index is 0.000000197. The van der Waals surface area contributed by atoms with E-state index < -0.39 is 18.3 Å². The van der Waals surface area contributed by atoms with Gasteiger partial charge in [-0.3, -0.25) is 0 Å². The largest absolute Gasteiger partial charge is 0.509 e. The average molecular weight is 997 g/mol. The van der Waals surface area contributed by atoms with E-state index in [0.717, 1.165) is 38.7 Å². The first kappa shape index (κ1) is 52.7. The minimum absolute atomic E-state index is 0.0440. The van der Waals surface area contributed by atoms with Crippen molar-refractivity contribution in [2.45, 2.75) is 157 Å². The minimum atomic E-state index is -0.520. The van der Waals surface area contributed by atoms with Crippen LogP contribution in [0.3, 0.4) is 0 Å². The molecule has 1 aliphatic rings. The van der Waals surface area contributed by atoms with Gasteiger partial charge in [-0.15, -0.1) is 22.7 Å². The molecule has 0 unspecified atom stereocenters. The maximum Gasteiger partial charge on any atom is 0.509 e. The normalized spacial score (nSPS) is 15.3. The van der Waals surface area contributed by atoms with Gasteiger partial charge in [0.15, 0.2) is 25.1 Å². The van der Waals surface area contributed by atoms with E-state index in [-0.39, 0.29) is 35.2 Å². The van der Waals surface area contributed by atoms with Crippen LogP contribution in [-0.2, 0) is 40.4 Å². The second-order valence-electron chi connectivity index (χ2n) is 24.1. The standard InChI is InChI=1S/C33H44BNO4S.C27H33NO2S/c1-12-36-20-37-28-27(19-40-29(28)34-38-32(8,9)33(10,11)39-34)35-25-15-13-21(30(2,3)4)17-23(25)24-18-22(31(5,6)7)14-16-26(24)35;1-8-29-17-30-25-16-31-15-24(25)28-22-11-9-18(26(2,3)4)13-20(22)21-14-19(27(5,6)7)10-12-23(21)28/h13-19H,12,20H2,1-11H3;9-16H,8,17H2,1-7H3. The summed E-state index contributed by atoms with van der Waals surface area (Å²) < 4.78 is 41.9. The van der Waals surface area contributed by atoms with E-state index in [1.165, 1.54) is 54.8 Å². The zero-order chi connectivity index (χ0) is 51.6. The van der Waals surface area contributed by atoms with Gasteiger partial charge in [-0.25, -0.2) is 0 Å². The summed E-state index contributed by atoms with van der Waals surface area (Å²) in [6, 6.07) is 27.5. The summed E-state index contributed by atoms with van der Waals surface area (Å²) in [4.78, 5) is 0. The highest BCUT2D eigenvalue weighted by atomic mass is 32.1. The van der Waals surface area contributed by atoms with E-state index in [2.05, 4.69) is 209 Å². The molecule has 0 spiro atoms. The van der Waals surface area contributed by atoms with Gasteiger partial charge in [0.2, 0.25) is 0 Å². The molecule has 4 aromatic carbocycles. The van der Waals surface area contributed by atoms with Crippen molar-refractivity contribution in [1.29, 1.82) is 0 Å². The third kappa shape index (κ3) is 10.3. The molecule has 0 amide bonds. The summed E-state index contributed by atoms with van der Waals surface area (Å²) in [5, 5.41) is 11.4. The van der Waals surface area contributed by atoms with Crippen LogP contribution in [0.15, 0.2) is 88.9 Å². The lowest BCUT2D eigenvalue weighted by Gasteiger charge is -2.32. The first-order valence-electron chi connectivity index (χ1n) is 25.3. The molecule has 4 aromatic heterocycles. The molecule has 8 nitrogen and oxygen atoms in total. The lowest BCUT2D eigenvalue weighted by atomic mass is 9.85. The quantitative estimate of drug-likeness (QED) is 0.0731. The fourth-order valence-electron chi connectivity index (χ4n) is 9.12. The molecular formula is C60H77BN2O6S2. The topological polar surface area (TPSA) is 65.2 Å². The lowest BCUT2D eigenvalue weighted by molar-refractivity contribution is 0.00578. The van der Waals surface area contributed by atoms with E-state index in [0.29, 0.717) is 13.2 Å². The first-order chi connectivity index (χ1) is 33.2. The monoisotopic (exact) mass is 997 g/mol. The number of rotatable bonds is 11. The predicted octanol–water partition coefficient (Wildman–Crippen LogP) is 15.9. The Bertz CT molecular complexity index is 3040. The van der Waals surface area contributed by atoms with Crippen LogP contribution in [0, 0.1) is 0 Å². The van der Waals surface area contributed by atoms with Crippen LogP contribution < -0.4 is 14.3 Å². The fraction of sp³-hybridized carbons (Fsp3) is 0.467. The summed E-state index contributed by atoms with van der Waals surface area (Å²) in [6.07, 6.45) is 0. The zero-order valence-corrected chi connectivity index (χ0v) is 47.4. The van der Waals surface area contributed by atoms with Crippen molar-refractivity contribution in [2.75, 3.05) is 26.8 Å². The van der Waals surface area contributed by atoms with Gasteiger partial charge >= 0.3 is 7.12 Å². The van der Waals surface area contributed by atoms with E-state index >= 15 is 0 Å². The van der Waals surface area contributed by atoms with Crippen LogP contribution in [0.2, 0.25) is 0 Å². The van der Waals surface area contributed by atoms with Gasteiger partial charge in [0.05, 0.1) is 49.4 Å². The smallest absolute Gasteiger partial charge is 0.465 e. The summed E-state index contributed by atoms with van der Waals surface area (Å²) in [5.41, 5.74) is 11.4. The maximum atomic E-state index is 6.47. The number of aromatic nitrogens is 2. The number of benzene rings is 4. The molecule has 8 aromatic rings. The molecule has 0 aliphatic carbocycles. The SMILES string of the molecule is CCOCOc1c(-n2c3ccc(C(C)(C)C)cc3c3cc(C(C)(C)C)ccc32)csc1B1OC(C)(C)C(C)(C)O1.CCOCOc1cscc1-n1c2ccc(C(C)(C)C)cc2c2cc(C(C)(C)C)ccc21. The van der Waals surface area contributed by atoms with Crippen molar-refractivity contribution >= 4 is 78.2 Å². The Morgan fingerprint density at radius 1 is 0.493 bits per heavy atom. The molecule has 1 aliphatic heterocycles. The Labute approximate surface area is 431 Å². The zero-order valence-electron chi connectivity index (χ0n) is 45.7. The molecule has 5 heterocycles. The molecule has 9 rings (SSSR count). The van der Waals surface area contributed by atoms with Gasteiger partial charge in [-0.1, -0.05) is 107 Å². The Hall–Kier alpha value is -4.62. The number of hydrogen-bond donors (Lipinski definition) is 0. The fourth-order valence-corrected chi connectivity index (χ4v) is 10.8. The van der Waals surface area contributed by atoms with Gasteiger partial charge < -0.3 is 37.4 Å². The van der Waals surface area contributed by atoms with Crippen LogP contribution in [-0.4, -0.2) is 54.3 Å². The molecule has 1 saturated heterocycles. The Kier molecular flexibility index (Phi) is 14.4. The van der Waals surface area contributed by atoms with Crippen molar-refractivity contribution < 1.29 is 28.3 Å². The van der Waals surface area contributed by atoms with Gasteiger partial charge in [-0.2, -0.15) is 0 Å². The summed E-state index contributed by atoms with van der Waals surface area (Å²) >= 11 is 3.26. The van der Waals surface area contributed by atoms with Crippen LogP contribution in [0.1, 0.15) is 147 Å². The average Bonchev–Trinajstić information content (AvgIpc) is 4.09. The predicted molar refractivity (Wildman–Crippen MR) is 302 cm³/mol. The number of nitrogens with zero attached hydrogens (tertiary/aromatic N) is 2. The van der Waals surface area contributed by atoms with Gasteiger partial charge in [-0.05, 0) is 134 Å². The summed E-state index contributed by atoms with van der Waals surface area (Å²) in [5.74, 6) is 1.60. The minimum Gasteiger partial charge on any atom is -0.465 e. The van der Waals surface area contributed by atoms with E-state index in [1.807, 2.05) is 13.8 Å². The van der Waals surface area contributed by atoms with Crippen LogP contribution in [0.5, 0.6) is 11.5 Å². The van der Waals surface area contributed by atoms with Crippen molar-refractivity contribution in [2.24, 2.45) is 0 Å². The number of hydrogen-bond acceptors (Lipinski definition) is 8. The van der Waals surface area contributed by atoms with Gasteiger partial charge in [0.1, 0.15) is 0 Å². The van der Waals surface area contributed by atoms with Crippen LogP contribution in [0.25, 0.3) is 55.0 Å². The molecule has 378 valence electrons. The van der Waals surface area contributed by atoms with Crippen LogP contribution in [0.4, 0.5) is 0 Å². The summed E-state index contributed by atoms with van der Waals surface area (Å²) in [6.45, 7) is 41.1. The van der Waals surface area contributed by atoms with E-state index in [1.54, 1.807) is 22.7 Å². The van der Waals surface area contributed by atoms with Crippen LogP contribution >= 0.6 is 22.7 Å². The molecule has 0 radical (unpaired) electrons. The van der Waals surface area contributed by atoms with Crippen molar-refractivity contribution in [3.63, 3.8) is 0 Å². The molecule has 11 heteroatoms. The van der Waals surface area contributed by atoms with Gasteiger partial charge in [0, 0.05) is 50.9 Å². The van der Waals surface area contributed by atoms with Crippen molar-refractivity contribution in [1.82, 2.24) is 9.13 Å². The molecule has 0 bridgehead atoms. The van der Waals surface area contributed by atoms with E-state index in [9.17, 15) is 0 Å². The first-order valence-corrected chi connectivity index (χ1v) is 27.1. The Morgan fingerprint density at radius 2 is 0.859 bits per heavy atom. The van der Waals surface area contributed by atoms with E-state index in [4.69, 9.17) is 28.3 Å². The number of ether oxygens (including phenoxy) is 4. The molecular weight excluding hydrogens is 920 g/mol. The number of thiophene rings is 2. The lowest BCUT2D eigenvalue weighted by Crippen LogP contribution is -2.41.